The molecule has 3 rings (SSSR count). The smallest absolute Gasteiger partial charge is 0.225 e. The molecule has 0 radical (unpaired) electrons. The van der Waals surface area contributed by atoms with Gasteiger partial charge in [-0.2, -0.15) is 0 Å². The maximum atomic E-state index is 12.4. The first-order valence-electron chi connectivity index (χ1n) is 8.93. The summed E-state index contributed by atoms with van der Waals surface area (Å²) in [6.07, 6.45) is 5.91. The third kappa shape index (κ3) is 3.87. The first kappa shape index (κ1) is 15.9. The van der Waals surface area contributed by atoms with Crippen molar-refractivity contribution in [1.82, 2.24) is 15.1 Å². The highest BCUT2D eigenvalue weighted by molar-refractivity contribution is 5.79. The molecule has 3 aliphatic rings. The zero-order valence-corrected chi connectivity index (χ0v) is 13.5. The second-order valence-corrected chi connectivity index (χ2v) is 7.24. The predicted molar refractivity (Wildman–Crippen MR) is 85.5 cm³/mol. The number of rotatable bonds is 5. The van der Waals surface area contributed by atoms with Crippen molar-refractivity contribution in [3.8, 4) is 0 Å². The number of hydrogen-bond acceptors (Lipinski definition) is 4. The van der Waals surface area contributed by atoms with Crippen LogP contribution in [0.3, 0.4) is 0 Å². The van der Waals surface area contributed by atoms with E-state index in [1.807, 2.05) is 4.90 Å². The van der Waals surface area contributed by atoms with Gasteiger partial charge < -0.3 is 19.9 Å². The molecule has 3 fully saturated rings. The van der Waals surface area contributed by atoms with Crippen LogP contribution in [-0.2, 0) is 9.59 Å². The van der Waals surface area contributed by atoms with Gasteiger partial charge in [-0.1, -0.05) is 0 Å². The highest BCUT2D eigenvalue weighted by Crippen LogP contribution is 2.31. The van der Waals surface area contributed by atoms with E-state index >= 15 is 0 Å². The van der Waals surface area contributed by atoms with Crippen molar-refractivity contribution in [3.63, 3.8) is 0 Å². The summed E-state index contributed by atoms with van der Waals surface area (Å²) in [4.78, 5) is 27.8. The molecule has 2 aliphatic heterocycles. The molecule has 2 saturated heterocycles. The van der Waals surface area contributed by atoms with E-state index in [4.69, 9.17) is 0 Å². The topological polar surface area (TPSA) is 52.7 Å². The average molecular weight is 307 g/mol. The number of likely N-dealkylation sites (tertiary alicyclic amines) is 1. The SMILES string of the molecule is O=CC1CCC(C(=O)N2CC(CCN3CCNCC3)C2)CC1. The highest BCUT2D eigenvalue weighted by Gasteiger charge is 2.35. The lowest BCUT2D eigenvalue weighted by Gasteiger charge is -2.43. The summed E-state index contributed by atoms with van der Waals surface area (Å²) in [5.41, 5.74) is 0. The van der Waals surface area contributed by atoms with E-state index in [2.05, 4.69) is 10.2 Å². The van der Waals surface area contributed by atoms with Crippen molar-refractivity contribution in [3.05, 3.63) is 0 Å². The van der Waals surface area contributed by atoms with Gasteiger partial charge in [0.05, 0.1) is 0 Å². The molecule has 0 atom stereocenters. The third-order valence-electron chi connectivity index (χ3n) is 5.65. The van der Waals surface area contributed by atoms with Crippen molar-refractivity contribution in [1.29, 1.82) is 0 Å². The Labute approximate surface area is 133 Å². The van der Waals surface area contributed by atoms with Gasteiger partial charge in [-0.15, -0.1) is 0 Å². The Morgan fingerprint density at radius 1 is 1.09 bits per heavy atom. The fraction of sp³-hybridized carbons (Fsp3) is 0.882. The zero-order chi connectivity index (χ0) is 15.4. The van der Waals surface area contributed by atoms with Crippen LogP contribution in [0.1, 0.15) is 32.1 Å². The van der Waals surface area contributed by atoms with E-state index in [0.717, 1.165) is 71.2 Å². The minimum absolute atomic E-state index is 0.185. The molecule has 0 spiro atoms. The van der Waals surface area contributed by atoms with Crippen LogP contribution in [-0.4, -0.2) is 67.8 Å². The van der Waals surface area contributed by atoms with Crippen LogP contribution in [0.25, 0.3) is 0 Å². The summed E-state index contributed by atoms with van der Waals surface area (Å²) in [7, 11) is 0. The number of aldehydes is 1. The summed E-state index contributed by atoms with van der Waals surface area (Å²) in [6, 6.07) is 0. The van der Waals surface area contributed by atoms with Crippen LogP contribution in [0, 0.1) is 17.8 Å². The second-order valence-electron chi connectivity index (χ2n) is 7.24. The quantitative estimate of drug-likeness (QED) is 0.762. The monoisotopic (exact) mass is 307 g/mol. The molecule has 1 aliphatic carbocycles. The molecule has 1 amide bonds. The molecular formula is C17H29N3O2. The van der Waals surface area contributed by atoms with E-state index in [9.17, 15) is 9.59 Å². The van der Waals surface area contributed by atoms with Crippen LogP contribution in [0.15, 0.2) is 0 Å². The Balaban J connectivity index is 1.32. The number of carbonyl (C=O) groups is 2. The lowest BCUT2D eigenvalue weighted by Crippen LogP contribution is -2.53. The first-order chi connectivity index (χ1) is 10.8. The Kier molecular flexibility index (Phi) is 5.47. The van der Waals surface area contributed by atoms with Crippen LogP contribution in [0.4, 0.5) is 0 Å². The van der Waals surface area contributed by atoms with Crippen molar-refractivity contribution in [2.24, 2.45) is 17.8 Å². The maximum Gasteiger partial charge on any atom is 0.225 e. The molecule has 5 heteroatoms. The van der Waals surface area contributed by atoms with Gasteiger partial charge in [0, 0.05) is 51.1 Å². The number of nitrogens with one attached hydrogen (secondary N) is 1. The summed E-state index contributed by atoms with van der Waals surface area (Å²) >= 11 is 0. The van der Waals surface area contributed by atoms with Crippen LogP contribution < -0.4 is 5.32 Å². The summed E-state index contributed by atoms with van der Waals surface area (Å²) in [6.45, 7) is 7.64. The number of amides is 1. The molecule has 0 aromatic rings. The Hall–Kier alpha value is -0.940. The average Bonchev–Trinajstić information content (AvgIpc) is 2.54. The van der Waals surface area contributed by atoms with Crippen LogP contribution in [0.5, 0.6) is 0 Å². The molecule has 1 N–H and O–H groups in total. The molecule has 124 valence electrons. The van der Waals surface area contributed by atoms with E-state index < -0.39 is 0 Å². The minimum Gasteiger partial charge on any atom is -0.342 e. The lowest BCUT2D eigenvalue weighted by molar-refractivity contribution is -0.144. The van der Waals surface area contributed by atoms with Gasteiger partial charge in [0.15, 0.2) is 0 Å². The van der Waals surface area contributed by atoms with Gasteiger partial charge in [0.2, 0.25) is 5.91 Å². The number of hydrogen-bond donors (Lipinski definition) is 1. The van der Waals surface area contributed by atoms with Gasteiger partial charge >= 0.3 is 0 Å². The molecule has 5 nitrogen and oxygen atoms in total. The molecule has 2 heterocycles. The second kappa shape index (κ2) is 7.55. The number of nitrogens with zero attached hydrogens (tertiary/aromatic N) is 2. The van der Waals surface area contributed by atoms with E-state index in [1.165, 1.54) is 13.0 Å². The van der Waals surface area contributed by atoms with Gasteiger partial charge in [-0.3, -0.25) is 4.79 Å². The lowest BCUT2D eigenvalue weighted by atomic mass is 9.81. The molecular weight excluding hydrogens is 278 g/mol. The Morgan fingerprint density at radius 2 is 1.77 bits per heavy atom. The zero-order valence-electron chi connectivity index (χ0n) is 13.5. The Morgan fingerprint density at radius 3 is 2.41 bits per heavy atom. The summed E-state index contributed by atoms with van der Waals surface area (Å²) in [5, 5.41) is 3.38. The maximum absolute atomic E-state index is 12.4. The van der Waals surface area contributed by atoms with Crippen molar-refractivity contribution < 1.29 is 9.59 Å². The van der Waals surface area contributed by atoms with Crippen LogP contribution in [0.2, 0.25) is 0 Å². The molecule has 0 unspecified atom stereocenters. The molecule has 0 aromatic heterocycles. The Bertz CT molecular complexity index is 381. The molecule has 0 bridgehead atoms. The molecule has 0 aromatic carbocycles. The van der Waals surface area contributed by atoms with Crippen molar-refractivity contribution >= 4 is 12.2 Å². The van der Waals surface area contributed by atoms with Crippen molar-refractivity contribution in [2.45, 2.75) is 32.1 Å². The summed E-state index contributed by atoms with van der Waals surface area (Å²) in [5.74, 6) is 1.44. The summed E-state index contributed by atoms with van der Waals surface area (Å²) < 4.78 is 0. The fourth-order valence-electron chi connectivity index (χ4n) is 3.99. The minimum atomic E-state index is 0.185. The van der Waals surface area contributed by atoms with E-state index in [1.54, 1.807) is 0 Å². The molecule has 1 saturated carbocycles. The van der Waals surface area contributed by atoms with E-state index in [0.29, 0.717) is 11.8 Å². The first-order valence-corrected chi connectivity index (χ1v) is 8.93. The van der Waals surface area contributed by atoms with Gasteiger partial charge in [-0.05, 0) is 44.6 Å². The van der Waals surface area contributed by atoms with E-state index in [-0.39, 0.29) is 11.8 Å². The number of carbonyl (C=O) groups excluding carboxylic acids is 2. The largest absolute Gasteiger partial charge is 0.342 e. The van der Waals surface area contributed by atoms with Crippen molar-refractivity contribution in [2.75, 3.05) is 45.8 Å². The predicted octanol–water partition coefficient (Wildman–Crippen LogP) is 0.745. The van der Waals surface area contributed by atoms with Gasteiger partial charge in [0.1, 0.15) is 6.29 Å². The number of piperazine rings is 1. The normalized spacial score (nSPS) is 30.8. The van der Waals surface area contributed by atoms with Crippen LogP contribution >= 0.6 is 0 Å². The van der Waals surface area contributed by atoms with Gasteiger partial charge in [-0.25, -0.2) is 0 Å². The standard InChI is InChI=1S/C17H29N3O2/c21-13-14-1-3-16(4-2-14)17(22)20-11-15(12-20)5-8-19-9-6-18-7-10-19/h13-16,18H,1-12H2. The third-order valence-corrected chi connectivity index (χ3v) is 5.65. The van der Waals surface area contributed by atoms with Gasteiger partial charge in [0.25, 0.3) is 0 Å². The fourth-order valence-corrected chi connectivity index (χ4v) is 3.99. The molecule has 22 heavy (non-hydrogen) atoms. The highest BCUT2D eigenvalue weighted by atomic mass is 16.2.